The second-order valence-corrected chi connectivity index (χ2v) is 8.18. The van der Waals surface area contributed by atoms with Gasteiger partial charge in [0, 0.05) is 16.6 Å². The standard InChI is InChI=1S/C21H14N2O3S2/c1-23-15-7-3-5-9-18(15)28-20(23)14(11-22)16(24)12-26-21(25)19-10-13-6-2-4-8-17(13)27-19/h2-10H,12H2,1H3/b20-14-. The number of nitriles is 1. The lowest BCUT2D eigenvalue weighted by atomic mass is 10.2. The smallest absolute Gasteiger partial charge is 0.348 e. The zero-order valence-corrected chi connectivity index (χ0v) is 16.5. The van der Waals surface area contributed by atoms with Crippen molar-refractivity contribution in [2.24, 2.45) is 0 Å². The maximum Gasteiger partial charge on any atom is 0.348 e. The molecule has 0 aliphatic carbocycles. The lowest BCUT2D eigenvalue weighted by molar-refractivity contribution is -0.118. The molecule has 4 rings (SSSR count). The van der Waals surface area contributed by atoms with Crippen LogP contribution in [0.1, 0.15) is 9.67 Å². The third-order valence-electron chi connectivity index (χ3n) is 4.30. The first-order valence-corrected chi connectivity index (χ1v) is 10.1. The predicted octanol–water partition coefficient (Wildman–Crippen LogP) is 4.60. The molecular weight excluding hydrogens is 392 g/mol. The van der Waals surface area contributed by atoms with E-state index in [1.165, 1.54) is 23.1 Å². The van der Waals surface area contributed by atoms with Crippen LogP contribution in [0.25, 0.3) is 10.1 Å². The van der Waals surface area contributed by atoms with Gasteiger partial charge in [0.15, 0.2) is 6.61 Å². The fourth-order valence-electron chi connectivity index (χ4n) is 2.91. The molecule has 0 fully saturated rings. The molecule has 3 aromatic rings. The molecule has 138 valence electrons. The first-order chi connectivity index (χ1) is 13.6. The minimum Gasteiger partial charge on any atom is -0.453 e. The SMILES string of the molecule is CN1/C(=C(\C#N)C(=O)COC(=O)c2cc3ccccc3s2)Sc2ccccc21. The molecule has 2 aromatic carbocycles. The number of benzene rings is 2. The van der Waals surface area contributed by atoms with Gasteiger partial charge in [-0.25, -0.2) is 4.79 Å². The zero-order valence-electron chi connectivity index (χ0n) is 14.8. The van der Waals surface area contributed by atoms with Gasteiger partial charge in [0.25, 0.3) is 0 Å². The van der Waals surface area contributed by atoms with Crippen molar-refractivity contribution in [2.75, 3.05) is 18.6 Å². The van der Waals surface area contributed by atoms with Crippen molar-refractivity contribution in [1.82, 2.24) is 0 Å². The van der Waals surface area contributed by atoms with Crippen LogP contribution in [0.5, 0.6) is 0 Å². The van der Waals surface area contributed by atoms with Gasteiger partial charge in [-0.2, -0.15) is 5.26 Å². The largest absolute Gasteiger partial charge is 0.453 e. The number of Topliss-reactive ketones (excluding diaryl/α,β-unsaturated/α-hetero) is 1. The van der Waals surface area contributed by atoms with Gasteiger partial charge >= 0.3 is 5.97 Å². The summed E-state index contributed by atoms with van der Waals surface area (Å²) in [4.78, 5) is 28.1. The summed E-state index contributed by atoms with van der Waals surface area (Å²) >= 11 is 2.68. The van der Waals surface area contributed by atoms with Gasteiger partial charge < -0.3 is 9.64 Å². The Hall–Kier alpha value is -3.08. The third-order valence-corrected chi connectivity index (χ3v) is 6.64. The molecule has 0 amide bonds. The number of esters is 1. The Morgan fingerprint density at radius 3 is 2.64 bits per heavy atom. The Morgan fingerprint density at radius 1 is 1.14 bits per heavy atom. The molecular formula is C21H14N2O3S2. The number of fused-ring (bicyclic) bond motifs is 2. The summed E-state index contributed by atoms with van der Waals surface area (Å²) < 4.78 is 6.16. The number of thiophene rings is 1. The van der Waals surface area contributed by atoms with E-state index in [4.69, 9.17) is 4.74 Å². The summed E-state index contributed by atoms with van der Waals surface area (Å²) in [5.41, 5.74) is 0.929. The first-order valence-electron chi connectivity index (χ1n) is 8.42. The van der Waals surface area contributed by atoms with Crippen LogP contribution in [-0.2, 0) is 9.53 Å². The Kier molecular flexibility index (Phi) is 4.90. The zero-order chi connectivity index (χ0) is 19.7. The van der Waals surface area contributed by atoms with Gasteiger partial charge in [-0.3, -0.25) is 4.79 Å². The minimum absolute atomic E-state index is 0.00663. The molecule has 0 saturated heterocycles. The third kappa shape index (κ3) is 3.28. The number of ketones is 1. The average molecular weight is 406 g/mol. The highest BCUT2D eigenvalue weighted by Gasteiger charge is 2.28. The van der Waals surface area contributed by atoms with Crippen molar-refractivity contribution in [3.63, 3.8) is 0 Å². The number of thioether (sulfide) groups is 1. The number of carbonyl (C=O) groups is 2. The van der Waals surface area contributed by atoms with Crippen molar-refractivity contribution in [1.29, 1.82) is 5.26 Å². The number of carbonyl (C=O) groups excluding carboxylic acids is 2. The lowest BCUT2D eigenvalue weighted by Gasteiger charge is -2.14. The van der Waals surface area contributed by atoms with Gasteiger partial charge in [-0.05, 0) is 29.7 Å². The second-order valence-electron chi connectivity index (χ2n) is 6.07. The van der Waals surface area contributed by atoms with Crippen molar-refractivity contribution in [3.05, 3.63) is 70.1 Å². The predicted molar refractivity (Wildman–Crippen MR) is 110 cm³/mol. The summed E-state index contributed by atoms with van der Waals surface area (Å²) in [5.74, 6) is -1.08. The van der Waals surface area contributed by atoms with Crippen molar-refractivity contribution in [3.8, 4) is 6.07 Å². The summed E-state index contributed by atoms with van der Waals surface area (Å²) in [5, 5.41) is 11.0. The molecule has 0 bridgehead atoms. The van der Waals surface area contributed by atoms with Crippen LogP contribution < -0.4 is 4.90 Å². The fourth-order valence-corrected chi connectivity index (χ4v) is 5.03. The lowest BCUT2D eigenvalue weighted by Crippen LogP contribution is -2.19. The van der Waals surface area contributed by atoms with Crippen LogP contribution in [0.4, 0.5) is 5.69 Å². The molecule has 1 aromatic heterocycles. The number of nitrogens with zero attached hydrogens (tertiary/aromatic N) is 2. The minimum atomic E-state index is -0.562. The van der Waals surface area contributed by atoms with Crippen molar-refractivity contribution < 1.29 is 14.3 Å². The number of para-hydroxylation sites is 1. The first kappa shape index (κ1) is 18.3. The molecule has 0 atom stereocenters. The topological polar surface area (TPSA) is 70.4 Å². The molecule has 0 unspecified atom stereocenters. The number of hydrogen-bond acceptors (Lipinski definition) is 7. The van der Waals surface area contributed by atoms with Crippen LogP contribution in [0.2, 0.25) is 0 Å². The van der Waals surface area contributed by atoms with Gasteiger partial charge in [0.05, 0.1) is 5.69 Å². The summed E-state index contributed by atoms with van der Waals surface area (Å²) in [6, 6.07) is 19.0. The van der Waals surface area contributed by atoms with E-state index in [1.807, 2.05) is 66.5 Å². The Labute approximate surface area is 169 Å². The monoisotopic (exact) mass is 406 g/mol. The average Bonchev–Trinajstić information content (AvgIpc) is 3.29. The van der Waals surface area contributed by atoms with Crippen LogP contribution in [0.15, 0.2) is 70.1 Å². The maximum atomic E-state index is 12.6. The van der Waals surface area contributed by atoms with Gasteiger partial charge in [-0.15, -0.1) is 11.3 Å². The quantitative estimate of drug-likeness (QED) is 0.358. The van der Waals surface area contributed by atoms with E-state index < -0.39 is 18.4 Å². The second kappa shape index (κ2) is 7.50. The van der Waals surface area contributed by atoms with Crippen LogP contribution >= 0.6 is 23.1 Å². The Balaban J connectivity index is 1.50. The molecule has 5 nitrogen and oxygen atoms in total. The molecule has 1 aliphatic rings. The normalized spacial score (nSPS) is 14.5. The number of anilines is 1. The van der Waals surface area contributed by atoms with E-state index in [9.17, 15) is 14.9 Å². The van der Waals surface area contributed by atoms with Gasteiger partial charge in [0.1, 0.15) is 21.5 Å². The van der Waals surface area contributed by atoms with Gasteiger partial charge in [-0.1, -0.05) is 42.1 Å². The van der Waals surface area contributed by atoms with E-state index in [1.54, 1.807) is 6.07 Å². The highest BCUT2D eigenvalue weighted by atomic mass is 32.2. The van der Waals surface area contributed by atoms with E-state index >= 15 is 0 Å². The Morgan fingerprint density at radius 2 is 1.89 bits per heavy atom. The van der Waals surface area contributed by atoms with Crippen LogP contribution in [0.3, 0.4) is 0 Å². The molecule has 0 spiro atoms. The number of hydrogen-bond donors (Lipinski definition) is 0. The van der Waals surface area contributed by atoms with Crippen molar-refractivity contribution in [2.45, 2.75) is 4.90 Å². The number of rotatable bonds is 4. The van der Waals surface area contributed by atoms with E-state index in [0.717, 1.165) is 20.7 Å². The molecule has 1 aliphatic heterocycles. The van der Waals surface area contributed by atoms with E-state index in [0.29, 0.717) is 9.91 Å². The highest BCUT2D eigenvalue weighted by molar-refractivity contribution is 8.03. The van der Waals surface area contributed by atoms with E-state index in [-0.39, 0.29) is 5.57 Å². The van der Waals surface area contributed by atoms with E-state index in [2.05, 4.69) is 0 Å². The summed E-state index contributed by atoms with van der Waals surface area (Å²) in [7, 11) is 1.81. The molecule has 28 heavy (non-hydrogen) atoms. The van der Waals surface area contributed by atoms with Crippen LogP contribution in [0, 0.1) is 11.3 Å². The van der Waals surface area contributed by atoms with Gasteiger partial charge in [0.2, 0.25) is 5.78 Å². The Bertz CT molecular complexity index is 1140. The summed E-state index contributed by atoms with van der Waals surface area (Å²) in [6.07, 6.45) is 0. The highest BCUT2D eigenvalue weighted by Crippen LogP contribution is 2.46. The molecule has 0 N–H and O–H groups in total. The van der Waals surface area contributed by atoms with Crippen LogP contribution in [-0.4, -0.2) is 25.4 Å². The van der Waals surface area contributed by atoms with Crippen molar-refractivity contribution >= 4 is 50.6 Å². The number of ether oxygens (including phenoxy) is 1. The maximum absolute atomic E-state index is 12.6. The summed E-state index contributed by atoms with van der Waals surface area (Å²) in [6.45, 7) is -0.468. The molecule has 0 radical (unpaired) electrons. The molecule has 7 heteroatoms. The molecule has 2 heterocycles. The fraction of sp³-hybridized carbons (Fsp3) is 0.0952. The molecule has 0 saturated carbocycles.